The normalized spacial score (nSPS) is 12.5. The van der Waals surface area contributed by atoms with Crippen molar-refractivity contribution in [1.82, 2.24) is 0 Å². The van der Waals surface area contributed by atoms with Gasteiger partial charge in [-0.25, -0.2) is 0 Å². The number of hydrogen-bond acceptors (Lipinski definition) is 3. The van der Waals surface area contributed by atoms with Crippen molar-refractivity contribution < 1.29 is 14.3 Å². The fourth-order valence-electron chi connectivity index (χ4n) is 0.837. The zero-order chi connectivity index (χ0) is 10.1. The van der Waals surface area contributed by atoms with Crippen LogP contribution in [-0.2, 0) is 14.3 Å². The SMILES string of the molecule is CCCCCOCC(Br)C(=O)OC. The molecule has 0 radical (unpaired) electrons. The summed E-state index contributed by atoms with van der Waals surface area (Å²) in [6.07, 6.45) is 3.40. The molecule has 0 aliphatic heterocycles. The predicted octanol–water partition coefficient (Wildman–Crippen LogP) is 2.13. The smallest absolute Gasteiger partial charge is 0.321 e. The first-order valence-electron chi connectivity index (χ1n) is 4.52. The van der Waals surface area contributed by atoms with Crippen LogP contribution in [-0.4, -0.2) is 31.1 Å². The minimum Gasteiger partial charge on any atom is -0.468 e. The second kappa shape index (κ2) is 8.51. The number of methoxy groups -OCH3 is 1. The molecule has 4 heteroatoms. The van der Waals surface area contributed by atoms with Gasteiger partial charge in [-0.3, -0.25) is 4.79 Å². The number of esters is 1. The Morgan fingerprint density at radius 3 is 2.69 bits per heavy atom. The number of alkyl halides is 1. The van der Waals surface area contributed by atoms with Crippen LogP contribution in [0.15, 0.2) is 0 Å². The maximum Gasteiger partial charge on any atom is 0.321 e. The third-order valence-corrected chi connectivity index (χ3v) is 2.25. The van der Waals surface area contributed by atoms with Gasteiger partial charge in [-0.1, -0.05) is 35.7 Å². The number of carbonyl (C=O) groups is 1. The van der Waals surface area contributed by atoms with E-state index in [1.807, 2.05) is 0 Å². The van der Waals surface area contributed by atoms with Gasteiger partial charge in [-0.05, 0) is 6.42 Å². The molecule has 0 fully saturated rings. The highest BCUT2D eigenvalue weighted by atomic mass is 79.9. The molecule has 0 saturated carbocycles. The van der Waals surface area contributed by atoms with Crippen molar-refractivity contribution >= 4 is 21.9 Å². The summed E-state index contributed by atoms with van der Waals surface area (Å²) in [6, 6.07) is 0. The molecular formula is C9H17BrO3. The lowest BCUT2D eigenvalue weighted by molar-refractivity contribution is -0.140. The van der Waals surface area contributed by atoms with Gasteiger partial charge in [0, 0.05) is 6.61 Å². The fraction of sp³-hybridized carbons (Fsp3) is 0.889. The Labute approximate surface area is 87.9 Å². The molecule has 0 aromatic heterocycles. The van der Waals surface area contributed by atoms with E-state index in [1.165, 1.54) is 20.0 Å². The van der Waals surface area contributed by atoms with Crippen molar-refractivity contribution in [1.29, 1.82) is 0 Å². The Bertz CT molecular complexity index is 139. The lowest BCUT2D eigenvalue weighted by Crippen LogP contribution is -2.21. The minimum absolute atomic E-state index is 0.282. The van der Waals surface area contributed by atoms with Gasteiger partial charge >= 0.3 is 5.97 Å². The van der Waals surface area contributed by atoms with E-state index in [1.54, 1.807) is 0 Å². The van der Waals surface area contributed by atoms with Crippen LogP contribution >= 0.6 is 15.9 Å². The molecule has 0 saturated heterocycles. The van der Waals surface area contributed by atoms with Crippen molar-refractivity contribution in [3.8, 4) is 0 Å². The molecule has 0 amide bonds. The first kappa shape index (κ1) is 12.9. The van der Waals surface area contributed by atoms with E-state index < -0.39 is 0 Å². The van der Waals surface area contributed by atoms with Gasteiger partial charge in [0.25, 0.3) is 0 Å². The van der Waals surface area contributed by atoms with E-state index in [0.717, 1.165) is 6.42 Å². The van der Waals surface area contributed by atoms with Gasteiger partial charge in [0.05, 0.1) is 13.7 Å². The summed E-state index contributed by atoms with van der Waals surface area (Å²) in [5.41, 5.74) is 0. The largest absolute Gasteiger partial charge is 0.468 e. The van der Waals surface area contributed by atoms with Gasteiger partial charge in [0.2, 0.25) is 0 Å². The van der Waals surface area contributed by atoms with Gasteiger partial charge in [0.15, 0.2) is 0 Å². The summed E-state index contributed by atoms with van der Waals surface area (Å²) in [7, 11) is 1.37. The first-order chi connectivity index (χ1) is 6.22. The van der Waals surface area contributed by atoms with Gasteiger partial charge in [-0.15, -0.1) is 0 Å². The number of carbonyl (C=O) groups excluding carboxylic acids is 1. The van der Waals surface area contributed by atoms with Crippen LogP contribution in [0.5, 0.6) is 0 Å². The van der Waals surface area contributed by atoms with Crippen LogP contribution in [0.3, 0.4) is 0 Å². The van der Waals surface area contributed by atoms with E-state index in [0.29, 0.717) is 13.2 Å². The molecule has 0 aromatic rings. The molecule has 0 spiro atoms. The average molecular weight is 253 g/mol. The quantitative estimate of drug-likeness (QED) is 0.396. The highest BCUT2D eigenvalue weighted by Crippen LogP contribution is 2.03. The number of hydrogen-bond donors (Lipinski definition) is 0. The fourth-order valence-corrected chi connectivity index (χ4v) is 1.21. The summed E-state index contributed by atoms with van der Waals surface area (Å²) in [6.45, 7) is 3.24. The molecule has 0 aliphatic rings. The van der Waals surface area contributed by atoms with Crippen LogP contribution in [0.25, 0.3) is 0 Å². The molecule has 1 unspecified atom stereocenters. The monoisotopic (exact) mass is 252 g/mol. The van der Waals surface area contributed by atoms with Crippen LogP contribution < -0.4 is 0 Å². The number of ether oxygens (including phenoxy) is 2. The van der Waals surface area contributed by atoms with Gasteiger partial charge in [-0.2, -0.15) is 0 Å². The zero-order valence-corrected chi connectivity index (χ0v) is 9.80. The Balaban J connectivity index is 3.26. The summed E-state index contributed by atoms with van der Waals surface area (Å²) in [5, 5.41) is 0. The Hall–Kier alpha value is -0.0900. The van der Waals surface area contributed by atoms with Crippen molar-refractivity contribution in [3.63, 3.8) is 0 Å². The van der Waals surface area contributed by atoms with Crippen LogP contribution in [0, 0.1) is 0 Å². The Morgan fingerprint density at radius 1 is 1.46 bits per heavy atom. The van der Waals surface area contributed by atoms with Crippen molar-refractivity contribution in [2.45, 2.75) is 31.0 Å². The van der Waals surface area contributed by atoms with Gasteiger partial charge in [0.1, 0.15) is 4.83 Å². The second-order valence-electron chi connectivity index (χ2n) is 2.77. The third kappa shape index (κ3) is 7.02. The van der Waals surface area contributed by atoms with E-state index >= 15 is 0 Å². The second-order valence-corrected chi connectivity index (χ2v) is 3.88. The zero-order valence-electron chi connectivity index (χ0n) is 8.22. The molecule has 1 atom stereocenters. The molecule has 3 nitrogen and oxygen atoms in total. The highest BCUT2D eigenvalue weighted by molar-refractivity contribution is 9.10. The molecule has 0 heterocycles. The Morgan fingerprint density at radius 2 is 2.15 bits per heavy atom. The lowest BCUT2D eigenvalue weighted by Gasteiger charge is -2.07. The maximum absolute atomic E-state index is 10.9. The first-order valence-corrected chi connectivity index (χ1v) is 5.43. The molecule has 78 valence electrons. The molecule has 0 bridgehead atoms. The highest BCUT2D eigenvalue weighted by Gasteiger charge is 2.14. The van der Waals surface area contributed by atoms with Crippen molar-refractivity contribution in [2.75, 3.05) is 20.3 Å². The average Bonchev–Trinajstić information content (AvgIpc) is 2.16. The van der Waals surface area contributed by atoms with Crippen LogP contribution in [0.4, 0.5) is 0 Å². The van der Waals surface area contributed by atoms with Crippen molar-refractivity contribution in [2.24, 2.45) is 0 Å². The third-order valence-electron chi connectivity index (χ3n) is 1.61. The molecule has 13 heavy (non-hydrogen) atoms. The molecule has 0 aliphatic carbocycles. The number of halogens is 1. The molecular weight excluding hydrogens is 236 g/mol. The summed E-state index contributed by atoms with van der Waals surface area (Å²) in [5.74, 6) is -0.282. The molecule has 0 rings (SSSR count). The van der Waals surface area contributed by atoms with Crippen LogP contribution in [0.2, 0.25) is 0 Å². The van der Waals surface area contributed by atoms with Crippen LogP contribution in [0.1, 0.15) is 26.2 Å². The summed E-state index contributed by atoms with van der Waals surface area (Å²) < 4.78 is 9.80. The maximum atomic E-state index is 10.9. The predicted molar refractivity (Wildman–Crippen MR) is 55.1 cm³/mol. The number of rotatable bonds is 7. The minimum atomic E-state index is -0.334. The van der Waals surface area contributed by atoms with Gasteiger partial charge < -0.3 is 9.47 Å². The standard InChI is InChI=1S/C9H17BrO3/c1-3-4-5-6-13-7-8(10)9(11)12-2/h8H,3-7H2,1-2H3. The van der Waals surface area contributed by atoms with E-state index in [4.69, 9.17) is 4.74 Å². The molecule has 0 N–H and O–H groups in total. The topological polar surface area (TPSA) is 35.5 Å². The Kier molecular flexibility index (Phi) is 8.45. The summed E-state index contributed by atoms with van der Waals surface area (Å²) >= 11 is 3.17. The van der Waals surface area contributed by atoms with Crippen molar-refractivity contribution in [3.05, 3.63) is 0 Å². The number of unbranched alkanes of at least 4 members (excludes halogenated alkanes) is 2. The van der Waals surface area contributed by atoms with E-state index in [-0.39, 0.29) is 10.8 Å². The van der Waals surface area contributed by atoms with E-state index in [2.05, 4.69) is 27.6 Å². The van der Waals surface area contributed by atoms with E-state index in [9.17, 15) is 4.79 Å². The summed E-state index contributed by atoms with van der Waals surface area (Å²) in [4.78, 5) is 10.5. The molecule has 0 aromatic carbocycles. The lowest BCUT2D eigenvalue weighted by atomic mass is 10.3.